The van der Waals surface area contributed by atoms with Gasteiger partial charge >= 0.3 is 0 Å². The van der Waals surface area contributed by atoms with Crippen LogP contribution in [0.25, 0.3) is 0 Å². The Hall–Kier alpha value is -0.120. The summed E-state index contributed by atoms with van der Waals surface area (Å²) in [5, 5.41) is 28.3. The summed E-state index contributed by atoms with van der Waals surface area (Å²) in [5.74, 6) is 0.279. The summed E-state index contributed by atoms with van der Waals surface area (Å²) in [4.78, 5) is 0. The maximum absolute atomic E-state index is 9.47. The van der Waals surface area contributed by atoms with Crippen molar-refractivity contribution in [2.75, 3.05) is 0 Å². The second-order valence-electron chi connectivity index (χ2n) is 5.16. The number of rotatable bonds is 0. The van der Waals surface area contributed by atoms with Crippen molar-refractivity contribution in [3.05, 3.63) is 0 Å². The molecule has 1 saturated carbocycles. The SMILES string of the molecule is CC(C)(C)C1C[C@@H](O)C(O)[C@H](O)C1. The number of hydrogen-bond donors (Lipinski definition) is 3. The molecule has 78 valence electrons. The minimum atomic E-state index is -0.960. The predicted octanol–water partition coefficient (Wildman–Crippen LogP) is 0.525. The third-order valence-electron chi connectivity index (χ3n) is 3.07. The molecule has 1 fully saturated rings. The molecule has 0 saturated heterocycles. The Kier molecular flexibility index (Phi) is 3.00. The molecule has 0 amide bonds. The van der Waals surface area contributed by atoms with Gasteiger partial charge < -0.3 is 15.3 Å². The third kappa shape index (κ3) is 2.42. The van der Waals surface area contributed by atoms with E-state index in [9.17, 15) is 15.3 Å². The van der Waals surface area contributed by atoms with Crippen LogP contribution in [0.1, 0.15) is 33.6 Å². The van der Waals surface area contributed by atoms with Crippen LogP contribution in [-0.4, -0.2) is 33.6 Å². The predicted molar refractivity (Wildman–Crippen MR) is 50.2 cm³/mol. The molecule has 1 aliphatic carbocycles. The number of aliphatic hydroxyl groups is 3. The van der Waals surface area contributed by atoms with Gasteiger partial charge in [-0.25, -0.2) is 0 Å². The molecule has 3 N–H and O–H groups in total. The zero-order chi connectivity index (χ0) is 10.2. The molecule has 3 heteroatoms. The average molecular weight is 188 g/mol. The van der Waals surface area contributed by atoms with E-state index in [1.54, 1.807) is 0 Å². The Morgan fingerprint density at radius 1 is 0.923 bits per heavy atom. The monoisotopic (exact) mass is 188 g/mol. The van der Waals surface area contributed by atoms with Crippen LogP contribution in [0.4, 0.5) is 0 Å². The van der Waals surface area contributed by atoms with Crippen molar-refractivity contribution in [2.24, 2.45) is 11.3 Å². The highest BCUT2D eigenvalue weighted by Gasteiger charge is 2.39. The molecule has 0 unspecified atom stereocenters. The Morgan fingerprint density at radius 2 is 1.31 bits per heavy atom. The van der Waals surface area contributed by atoms with Crippen LogP contribution < -0.4 is 0 Å². The maximum atomic E-state index is 9.47. The van der Waals surface area contributed by atoms with E-state index in [2.05, 4.69) is 20.8 Å². The van der Waals surface area contributed by atoms with E-state index in [-0.39, 0.29) is 11.3 Å². The van der Waals surface area contributed by atoms with Gasteiger partial charge in [0, 0.05) is 0 Å². The molecular weight excluding hydrogens is 168 g/mol. The van der Waals surface area contributed by atoms with E-state index < -0.39 is 18.3 Å². The van der Waals surface area contributed by atoms with Crippen molar-refractivity contribution < 1.29 is 15.3 Å². The van der Waals surface area contributed by atoms with Crippen LogP contribution in [0, 0.1) is 11.3 Å². The van der Waals surface area contributed by atoms with Crippen LogP contribution in [0.15, 0.2) is 0 Å². The summed E-state index contributed by atoms with van der Waals surface area (Å²) in [6, 6.07) is 0. The Bertz CT molecular complexity index is 161. The zero-order valence-electron chi connectivity index (χ0n) is 8.57. The van der Waals surface area contributed by atoms with E-state index in [1.807, 2.05) is 0 Å². The van der Waals surface area contributed by atoms with E-state index in [0.29, 0.717) is 12.8 Å². The van der Waals surface area contributed by atoms with Gasteiger partial charge in [0.05, 0.1) is 12.2 Å². The second kappa shape index (κ2) is 3.56. The lowest BCUT2D eigenvalue weighted by Gasteiger charge is -2.40. The quantitative estimate of drug-likeness (QED) is 0.519. The number of hydrogen-bond acceptors (Lipinski definition) is 3. The zero-order valence-corrected chi connectivity index (χ0v) is 8.57. The third-order valence-corrected chi connectivity index (χ3v) is 3.07. The van der Waals surface area contributed by atoms with Gasteiger partial charge in [-0.1, -0.05) is 20.8 Å². The fraction of sp³-hybridized carbons (Fsp3) is 1.00. The van der Waals surface area contributed by atoms with Crippen LogP contribution in [0.3, 0.4) is 0 Å². The first-order chi connectivity index (χ1) is 5.82. The summed E-state index contributed by atoms with van der Waals surface area (Å²) >= 11 is 0. The van der Waals surface area contributed by atoms with Gasteiger partial charge in [0.15, 0.2) is 0 Å². The molecule has 13 heavy (non-hydrogen) atoms. The lowest BCUT2D eigenvalue weighted by atomic mass is 9.70. The van der Waals surface area contributed by atoms with Crippen molar-refractivity contribution in [3.8, 4) is 0 Å². The van der Waals surface area contributed by atoms with Gasteiger partial charge in [-0.3, -0.25) is 0 Å². The van der Waals surface area contributed by atoms with Gasteiger partial charge in [-0.15, -0.1) is 0 Å². The minimum absolute atomic E-state index is 0.0854. The van der Waals surface area contributed by atoms with Gasteiger partial charge in [0.25, 0.3) is 0 Å². The van der Waals surface area contributed by atoms with Crippen LogP contribution >= 0.6 is 0 Å². The topological polar surface area (TPSA) is 60.7 Å². The molecular formula is C10H20O3. The first-order valence-electron chi connectivity index (χ1n) is 4.86. The van der Waals surface area contributed by atoms with Crippen LogP contribution in [0.5, 0.6) is 0 Å². The molecule has 0 aromatic rings. The summed E-state index contributed by atoms with van der Waals surface area (Å²) < 4.78 is 0. The van der Waals surface area contributed by atoms with Crippen molar-refractivity contribution in [1.82, 2.24) is 0 Å². The fourth-order valence-corrected chi connectivity index (χ4v) is 1.92. The Balaban J connectivity index is 2.64. The highest BCUT2D eigenvalue weighted by atomic mass is 16.4. The molecule has 0 aliphatic heterocycles. The van der Waals surface area contributed by atoms with Gasteiger partial charge in [0.2, 0.25) is 0 Å². The van der Waals surface area contributed by atoms with Crippen molar-refractivity contribution >= 4 is 0 Å². The van der Waals surface area contributed by atoms with Gasteiger partial charge in [-0.05, 0) is 24.2 Å². The molecule has 1 rings (SSSR count). The lowest BCUT2D eigenvalue weighted by molar-refractivity contribution is -0.113. The van der Waals surface area contributed by atoms with Crippen LogP contribution in [-0.2, 0) is 0 Å². The van der Waals surface area contributed by atoms with Gasteiger partial charge in [-0.2, -0.15) is 0 Å². The molecule has 3 nitrogen and oxygen atoms in total. The summed E-state index contributed by atoms with van der Waals surface area (Å²) in [7, 11) is 0. The molecule has 0 aromatic heterocycles. The average Bonchev–Trinajstić information content (AvgIpc) is 1.97. The summed E-state index contributed by atoms with van der Waals surface area (Å²) in [5.41, 5.74) is 0.0854. The Labute approximate surface area is 79.4 Å². The highest BCUT2D eigenvalue weighted by molar-refractivity contribution is 4.90. The summed E-state index contributed by atoms with van der Waals surface area (Å²) in [6.45, 7) is 6.28. The van der Waals surface area contributed by atoms with Crippen molar-refractivity contribution in [3.63, 3.8) is 0 Å². The Morgan fingerprint density at radius 3 is 1.62 bits per heavy atom. The summed E-state index contributed by atoms with van der Waals surface area (Å²) in [6.07, 6.45) is -1.33. The van der Waals surface area contributed by atoms with E-state index in [4.69, 9.17) is 0 Å². The number of aliphatic hydroxyl groups excluding tert-OH is 3. The first kappa shape index (κ1) is 11.0. The van der Waals surface area contributed by atoms with E-state index in [0.717, 1.165) is 0 Å². The van der Waals surface area contributed by atoms with E-state index in [1.165, 1.54) is 0 Å². The van der Waals surface area contributed by atoms with Crippen LogP contribution in [0.2, 0.25) is 0 Å². The molecule has 0 spiro atoms. The molecule has 0 radical (unpaired) electrons. The first-order valence-corrected chi connectivity index (χ1v) is 4.86. The fourth-order valence-electron chi connectivity index (χ4n) is 1.92. The normalized spacial score (nSPS) is 42.0. The lowest BCUT2D eigenvalue weighted by Crippen LogP contribution is -2.47. The minimum Gasteiger partial charge on any atom is -0.390 e. The van der Waals surface area contributed by atoms with Crippen molar-refractivity contribution in [2.45, 2.75) is 51.9 Å². The molecule has 0 heterocycles. The van der Waals surface area contributed by atoms with Crippen molar-refractivity contribution in [1.29, 1.82) is 0 Å². The smallest absolute Gasteiger partial charge is 0.106 e. The maximum Gasteiger partial charge on any atom is 0.106 e. The standard InChI is InChI=1S/C10H20O3/c1-10(2,3)6-4-7(11)9(13)8(12)5-6/h6-9,11-13H,4-5H2,1-3H3/t6?,7-,8-,9?/m1/s1. The van der Waals surface area contributed by atoms with E-state index >= 15 is 0 Å². The molecule has 0 aromatic carbocycles. The largest absolute Gasteiger partial charge is 0.390 e. The second-order valence-corrected chi connectivity index (χ2v) is 5.16. The molecule has 0 bridgehead atoms. The highest BCUT2D eigenvalue weighted by Crippen LogP contribution is 2.37. The molecule has 2 atom stereocenters. The molecule has 1 aliphatic rings. The van der Waals surface area contributed by atoms with Gasteiger partial charge in [0.1, 0.15) is 6.10 Å².